The lowest BCUT2D eigenvalue weighted by molar-refractivity contribution is -0.143. The van der Waals surface area contributed by atoms with Crippen molar-refractivity contribution in [3.63, 3.8) is 0 Å². The summed E-state index contributed by atoms with van der Waals surface area (Å²) in [6, 6.07) is 3.32. The third-order valence-electron chi connectivity index (χ3n) is 3.48. The summed E-state index contributed by atoms with van der Waals surface area (Å²) in [6.45, 7) is 1.91. The third kappa shape index (κ3) is 5.04. The maximum absolute atomic E-state index is 12.6. The van der Waals surface area contributed by atoms with Crippen LogP contribution in [0.2, 0.25) is 5.15 Å². The highest BCUT2D eigenvalue weighted by Crippen LogP contribution is 2.21. The van der Waals surface area contributed by atoms with E-state index in [1.807, 2.05) is 11.8 Å². The molecule has 1 aliphatic rings. The van der Waals surface area contributed by atoms with Crippen LogP contribution in [0.3, 0.4) is 0 Å². The monoisotopic (exact) mass is 354 g/mol. The number of Topliss-reactive ketones (excluding diaryl/α,β-unsaturated/α-hetero) is 1. The number of hydrogen-bond acceptors (Lipinski definition) is 6. The minimum absolute atomic E-state index is 0.0780. The Balaban J connectivity index is 2.19. The standard InChI is InChI=1S/C16H19ClN2O3S/c1-2-22-16(21)13(10-19-11-5-8-23-9-6-11)14(20)12-4-3-7-18-15(12)17/h3-4,7,10-11,13H,2,5-6,8-9H2,1H3. The number of thioether (sulfide) groups is 1. The molecule has 7 heteroatoms. The van der Waals surface area contributed by atoms with Gasteiger partial charge in [-0.3, -0.25) is 14.6 Å². The molecular weight excluding hydrogens is 336 g/mol. The first-order valence-corrected chi connectivity index (χ1v) is 9.09. The van der Waals surface area contributed by atoms with E-state index in [1.165, 1.54) is 12.4 Å². The van der Waals surface area contributed by atoms with Gasteiger partial charge in [0, 0.05) is 12.4 Å². The molecule has 2 rings (SSSR count). The summed E-state index contributed by atoms with van der Waals surface area (Å²) >= 11 is 7.86. The van der Waals surface area contributed by atoms with Crippen LogP contribution < -0.4 is 0 Å². The van der Waals surface area contributed by atoms with E-state index in [1.54, 1.807) is 19.1 Å². The van der Waals surface area contributed by atoms with Gasteiger partial charge in [0.15, 0.2) is 11.7 Å². The van der Waals surface area contributed by atoms with Crippen molar-refractivity contribution in [1.29, 1.82) is 0 Å². The maximum atomic E-state index is 12.6. The van der Waals surface area contributed by atoms with E-state index >= 15 is 0 Å². The molecule has 0 aromatic carbocycles. The molecule has 1 aromatic heterocycles. The Morgan fingerprint density at radius 1 is 1.52 bits per heavy atom. The van der Waals surface area contributed by atoms with Gasteiger partial charge in [0.25, 0.3) is 0 Å². The zero-order valence-corrected chi connectivity index (χ0v) is 14.5. The molecule has 0 saturated carbocycles. The van der Waals surface area contributed by atoms with Gasteiger partial charge in [-0.25, -0.2) is 4.98 Å². The average Bonchev–Trinajstić information content (AvgIpc) is 2.56. The SMILES string of the molecule is CCOC(=O)C(C=NC1CCSCC1)C(=O)c1cccnc1Cl. The quantitative estimate of drug-likeness (QED) is 0.258. The Morgan fingerprint density at radius 2 is 2.26 bits per heavy atom. The molecule has 0 amide bonds. The second-order valence-corrected chi connectivity index (χ2v) is 6.66. The molecular formula is C16H19ClN2O3S. The second kappa shape index (κ2) is 9.03. The maximum Gasteiger partial charge on any atom is 0.322 e. The van der Waals surface area contributed by atoms with Crippen LogP contribution in [-0.2, 0) is 9.53 Å². The van der Waals surface area contributed by atoms with E-state index in [4.69, 9.17) is 16.3 Å². The molecule has 0 bridgehead atoms. The molecule has 0 N–H and O–H groups in total. The van der Waals surface area contributed by atoms with E-state index in [-0.39, 0.29) is 23.4 Å². The summed E-state index contributed by atoms with van der Waals surface area (Å²) in [5, 5.41) is 0.0780. The molecule has 0 spiro atoms. The van der Waals surface area contributed by atoms with Gasteiger partial charge in [-0.15, -0.1) is 0 Å². The smallest absolute Gasteiger partial charge is 0.322 e. The summed E-state index contributed by atoms with van der Waals surface area (Å²) in [5.74, 6) is -0.0174. The summed E-state index contributed by atoms with van der Waals surface area (Å²) in [5.41, 5.74) is 0.206. The molecule has 1 saturated heterocycles. The van der Waals surface area contributed by atoms with E-state index < -0.39 is 17.7 Å². The first-order chi connectivity index (χ1) is 11.1. The fourth-order valence-corrected chi connectivity index (χ4v) is 3.54. The van der Waals surface area contributed by atoms with E-state index in [0.717, 1.165) is 24.3 Å². The number of carbonyl (C=O) groups is 2. The van der Waals surface area contributed by atoms with Crippen LogP contribution in [0.4, 0.5) is 0 Å². The van der Waals surface area contributed by atoms with Crippen molar-refractivity contribution in [3.8, 4) is 0 Å². The number of nitrogens with zero attached hydrogens (tertiary/aromatic N) is 2. The largest absolute Gasteiger partial charge is 0.465 e. The minimum Gasteiger partial charge on any atom is -0.465 e. The Kier molecular flexibility index (Phi) is 7.05. The number of hydrogen-bond donors (Lipinski definition) is 0. The van der Waals surface area contributed by atoms with E-state index in [9.17, 15) is 9.59 Å². The van der Waals surface area contributed by atoms with Gasteiger partial charge in [0.2, 0.25) is 0 Å². The predicted octanol–water partition coefficient (Wildman–Crippen LogP) is 3.06. The molecule has 124 valence electrons. The first kappa shape index (κ1) is 17.9. The fourth-order valence-electron chi connectivity index (χ4n) is 2.25. The molecule has 1 atom stereocenters. The average molecular weight is 355 g/mol. The molecule has 0 radical (unpaired) electrons. The van der Waals surface area contributed by atoms with Gasteiger partial charge >= 0.3 is 5.97 Å². The number of pyridine rings is 1. The number of halogens is 1. The van der Waals surface area contributed by atoms with Crippen molar-refractivity contribution in [1.82, 2.24) is 4.98 Å². The van der Waals surface area contributed by atoms with Gasteiger partial charge in [-0.1, -0.05) is 11.6 Å². The third-order valence-corrected chi connectivity index (χ3v) is 4.83. The van der Waals surface area contributed by atoms with Crippen LogP contribution in [-0.4, -0.2) is 47.1 Å². The second-order valence-electron chi connectivity index (χ2n) is 5.08. The van der Waals surface area contributed by atoms with Crippen LogP contribution in [0.25, 0.3) is 0 Å². The molecule has 1 unspecified atom stereocenters. The van der Waals surface area contributed by atoms with Gasteiger partial charge in [-0.05, 0) is 43.4 Å². The minimum atomic E-state index is -1.08. The summed E-state index contributed by atoms with van der Waals surface area (Å²) in [4.78, 5) is 33.1. The normalized spacial score (nSPS) is 17.1. The van der Waals surface area contributed by atoms with Crippen molar-refractivity contribution >= 4 is 41.3 Å². The zero-order chi connectivity index (χ0) is 16.7. The Labute approximate surface area is 144 Å². The van der Waals surface area contributed by atoms with Crippen molar-refractivity contribution in [2.75, 3.05) is 18.1 Å². The van der Waals surface area contributed by atoms with Gasteiger partial charge in [0.05, 0.1) is 18.2 Å². The number of ketones is 1. The highest BCUT2D eigenvalue weighted by Gasteiger charge is 2.29. The van der Waals surface area contributed by atoms with Crippen molar-refractivity contribution in [3.05, 3.63) is 29.0 Å². The van der Waals surface area contributed by atoms with Gasteiger partial charge in [0.1, 0.15) is 5.15 Å². The predicted molar refractivity (Wildman–Crippen MR) is 92.5 cm³/mol. The van der Waals surface area contributed by atoms with Crippen LogP contribution in [0.15, 0.2) is 23.3 Å². The lowest BCUT2D eigenvalue weighted by Crippen LogP contribution is -2.29. The lowest BCUT2D eigenvalue weighted by atomic mass is 9.99. The van der Waals surface area contributed by atoms with Crippen molar-refractivity contribution in [2.24, 2.45) is 10.9 Å². The number of aliphatic imine (C=N–C) groups is 1. The Bertz CT molecular complexity index is 588. The number of esters is 1. The number of aromatic nitrogens is 1. The Hall–Kier alpha value is -1.40. The summed E-state index contributed by atoms with van der Waals surface area (Å²) < 4.78 is 5.01. The van der Waals surface area contributed by atoms with Gasteiger partial charge in [-0.2, -0.15) is 11.8 Å². The van der Waals surface area contributed by atoms with Crippen molar-refractivity contribution in [2.45, 2.75) is 25.8 Å². The molecule has 5 nitrogen and oxygen atoms in total. The molecule has 1 aromatic rings. The summed E-state index contributed by atoms with van der Waals surface area (Å²) in [6.07, 6.45) is 4.83. The van der Waals surface area contributed by atoms with Crippen molar-refractivity contribution < 1.29 is 14.3 Å². The highest BCUT2D eigenvalue weighted by molar-refractivity contribution is 7.99. The number of carbonyl (C=O) groups excluding carboxylic acids is 2. The highest BCUT2D eigenvalue weighted by atomic mass is 35.5. The van der Waals surface area contributed by atoms with Crippen LogP contribution in [0, 0.1) is 5.92 Å². The molecule has 2 heterocycles. The van der Waals surface area contributed by atoms with E-state index in [0.29, 0.717) is 0 Å². The Morgan fingerprint density at radius 3 is 2.91 bits per heavy atom. The van der Waals surface area contributed by atoms with E-state index in [2.05, 4.69) is 9.98 Å². The van der Waals surface area contributed by atoms with Crippen LogP contribution in [0.5, 0.6) is 0 Å². The van der Waals surface area contributed by atoms with Crippen LogP contribution in [0.1, 0.15) is 30.1 Å². The molecule has 0 aliphatic carbocycles. The molecule has 1 aliphatic heterocycles. The fraction of sp³-hybridized carbons (Fsp3) is 0.500. The van der Waals surface area contributed by atoms with Crippen LogP contribution >= 0.6 is 23.4 Å². The number of rotatable bonds is 6. The van der Waals surface area contributed by atoms with Gasteiger partial charge < -0.3 is 4.74 Å². The topological polar surface area (TPSA) is 68.6 Å². The number of ether oxygens (including phenoxy) is 1. The lowest BCUT2D eigenvalue weighted by Gasteiger charge is -2.18. The summed E-state index contributed by atoms with van der Waals surface area (Å²) in [7, 11) is 0. The molecule has 1 fully saturated rings. The zero-order valence-electron chi connectivity index (χ0n) is 12.9. The first-order valence-electron chi connectivity index (χ1n) is 7.56. The molecule has 23 heavy (non-hydrogen) atoms.